The van der Waals surface area contributed by atoms with Crippen molar-refractivity contribution in [2.45, 2.75) is 13.5 Å². The minimum Gasteiger partial charge on any atom is -0.461 e. The van der Waals surface area contributed by atoms with Crippen LogP contribution in [-0.2, 0) is 6.54 Å². The second-order valence-corrected chi connectivity index (χ2v) is 6.78. The lowest BCUT2D eigenvalue weighted by molar-refractivity contribution is 0.0947. The van der Waals surface area contributed by atoms with Crippen molar-refractivity contribution >= 4 is 23.5 Å². The van der Waals surface area contributed by atoms with Crippen LogP contribution >= 0.6 is 11.6 Å². The van der Waals surface area contributed by atoms with Gasteiger partial charge in [-0.15, -0.1) is 5.10 Å². The number of anilines is 1. The lowest BCUT2D eigenvalue weighted by Crippen LogP contribution is -2.18. The van der Waals surface area contributed by atoms with E-state index in [-0.39, 0.29) is 34.8 Å². The molecule has 146 valence electrons. The monoisotopic (exact) mass is 410 g/mol. The topological polar surface area (TPSA) is 73.0 Å². The highest BCUT2D eigenvalue weighted by molar-refractivity contribution is 6.31. The maximum Gasteiger partial charge on any atom is 0.281 e. The molecule has 0 aliphatic heterocycles. The van der Waals surface area contributed by atoms with Crippen LogP contribution in [0.3, 0.4) is 0 Å². The third-order valence-electron chi connectivity index (χ3n) is 4.32. The Morgan fingerprint density at radius 2 is 1.97 bits per heavy atom. The van der Waals surface area contributed by atoms with Gasteiger partial charge in [0.1, 0.15) is 5.82 Å². The van der Waals surface area contributed by atoms with Gasteiger partial charge in [-0.2, -0.15) is 9.67 Å². The summed E-state index contributed by atoms with van der Waals surface area (Å²) in [7, 11) is 0. The van der Waals surface area contributed by atoms with Crippen molar-refractivity contribution in [3.05, 3.63) is 88.4 Å². The lowest BCUT2D eigenvalue weighted by atomic mass is 10.1. The van der Waals surface area contributed by atoms with E-state index in [1.54, 1.807) is 30.3 Å². The average molecular weight is 411 g/mol. The summed E-state index contributed by atoms with van der Waals surface area (Å²) >= 11 is 6.09. The Kier molecular flexibility index (Phi) is 5.14. The zero-order valence-corrected chi connectivity index (χ0v) is 16.2. The predicted octanol–water partition coefficient (Wildman–Crippen LogP) is 4.94. The summed E-state index contributed by atoms with van der Waals surface area (Å²) in [6, 6.07) is 14.9. The molecule has 0 atom stereocenters. The lowest BCUT2D eigenvalue weighted by Gasteiger charge is -2.09. The first-order valence-electron chi connectivity index (χ1n) is 8.82. The number of nitrogens with one attached hydrogen (secondary N) is 1. The Hall–Kier alpha value is -3.45. The largest absolute Gasteiger partial charge is 0.461 e. The average Bonchev–Trinajstić information content (AvgIpc) is 3.37. The maximum atomic E-state index is 14.1. The van der Waals surface area contributed by atoms with E-state index < -0.39 is 5.82 Å². The fourth-order valence-electron chi connectivity index (χ4n) is 2.77. The summed E-state index contributed by atoms with van der Waals surface area (Å²) < 4.78 is 20.6. The van der Waals surface area contributed by atoms with Crippen LogP contribution in [-0.4, -0.2) is 20.7 Å². The third kappa shape index (κ3) is 3.90. The van der Waals surface area contributed by atoms with Crippen molar-refractivity contribution in [3.63, 3.8) is 0 Å². The highest BCUT2D eigenvalue weighted by Gasteiger charge is 2.20. The van der Waals surface area contributed by atoms with Crippen molar-refractivity contribution < 1.29 is 13.6 Å². The van der Waals surface area contributed by atoms with Crippen LogP contribution in [0.1, 0.15) is 21.5 Å². The number of hydrogen-bond donors (Lipinski definition) is 1. The van der Waals surface area contributed by atoms with Gasteiger partial charge in [0.2, 0.25) is 11.8 Å². The summed E-state index contributed by atoms with van der Waals surface area (Å²) in [5.41, 5.74) is 1.74. The van der Waals surface area contributed by atoms with Crippen molar-refractivity contribution in [2.75, 3.05) is 5.32 Å². The molecule has 8 heteroatoms. The van der Waals surface area contributed by atoms with E-state index in [0.717, 1.165) is 10.2 Å². The van der Waals surface area contributed by atoms with Gasteiger partial charge in [-0.3, -0.25) is 4.79 Å². The molecule has 0 fully saturated rings. The van der Waals surface area contributed by atoms with Gasteiger partial charge >= 0.3 is 0 Å². The number of halogens is 2. The molecule has 0 saturated carbocycles. The molecule has 2 aromatic carbocycles. The maximum absolute atomic E-state index is 14.1. The SMILES string of the molecule is Cc1ccc(C(=O)n2nc(-c3ccco3)nc2NCc2c(F)cccc2Cl)cc1. The molecule has 4 aromatic rings. The summed E-state index contributed by atoms with van der Waals surface area (Å²) in [6.45, 7) is 1.97. The molecule has 0 saturated heterocycles. The highest BCUT2D eigenvalue weighted by Crippen LogP contribution is 2.23. The van der Waals surface area contributed by atoms with E-state index in [1.807, 2.05) is 19.1 Å². The first-order valence-corrected chi connectivity index (χ1v) is 9.20. The number of benzene rings is 2. The normalized spacial score (nSPS) is 10.9. The molecule has 0 aliphatic carbocycles. The molecule has 2 aromatic heterocycles. The molecule has 0 bridgehead atoms. The first kappa shape index (κ1) is 18.9. The van der Waals surface area contributed by atoms with E-state index in [2.05, 4.69) is 15.4 Å². The molecule has 0 amide bonds. The number of carbonyl (C=O) groups is 1. The highest BCUT2D eigenvalue weighted by atomic mass is 35.5. The molecular formula is C21H16ClFN4O2. The van der Waals surface area contributed by atoms with E-state index in [9.17, 15) is 9.18 Å². The number of aromatic nitrogens is 3. The minimum atomic E-state index is -0.452. The quantitative estimate of drug-likeness (QED) is 0.504. The van der Waals surface area contributed by atoms with E-state index in [1.165, 1.54) is 18.4 Å². The van der Waals surface area contributed by atoms with Crippen LogP contribution in [0, 0.1) is 12.7 Å². The van der Waals surface area contributed by atoms with Crippen LogP contribution < -0.4 is 5.32 Å². The van der Waals surface area contributed by atoms with Crippen LogP contribution in [0.5, 0.6) is 0 Å². The molecule has 0 spiro atoms. The molecule has 6 nitrogen and oxygen atoms in total. The smallest absolute Gasteiger partial charge is 0.281 e. The molecule has 1 N–H and O–H groups in total. The number of aryl methyl sites for hydroxylation is 1. The van der Waals surface area contributed by atoms with Gasteiger partial charge in [-0.1, -0.05) is 35.4 Å². The van der Waals surface area contributed by atoms with Gasteiger partial charge in [0, 0.05) is 22.7 Å². The molecule has 29 heavy (non-hydrogen) atoms. The predicted molar refractivity (Wildman–Crippen MR) is 107 cm³/mol. The zero-order chi connectivity index (χ0) is 20.4. The Morgan fingerprint density at radius 3 is 2.66 bits per heavy atom. The molecule has 0 radical (unpaired) electrons. The second-order valence-electron chi connectivity index (χ2n) is 6.37. The van der Waals surface area contributed by atoms with Crippen LogP contribution in [0.25, 0.3) is 11.6 Å². The van der Waals surface area contributed by atoms with Gasteiger partial charge in [0.25, 0.3) is 5.91 Å². The Morgan fingerprint density at radius 1 is 1.17 bits per heavy atom. The Labute approximate surface area is 170 Å². The molecule has 2 heterocycles. The van der Waals surface area contributed by atoms with Gasteiger partial charge in [0.05, 0.1) is 6.26 Å². The number of rotatable bonds is 5. The van der Waals surface area contributed by atoms with E-state index >= 15 is 0 Å². The second kappa shape index (κ2) is 7.89. The van der Waals surface area contributed by atoms with E-state index in [4.69, 9.17) is 16.0 Å². The number of furan rings is 1. The molecule has 0 aliphatic rings. The minimum absolute atomic E-state index is 0.0307. The summed E-state index contributed by atoms with van der Waals surface area (Å²) in [5, 5.41) is 7.52. The molecular weight excluding hydrogens is 395 g/mol. The van der Waals surface area contributed by atoms with E-state index in [0.29, 0.717) is 11.3 Å². The van der Waals surface area contributed by atoms with Gasteiger partial charge in [-0.25, -0.2) is 4.39 Å². The standard InChI is InChI=1S/C21H16ClFN4O2/c1-13-7-9-14(10-8-13)20(28)27-21(25-19(26-27)18-6-3-11-29-18)24-12-15-16(22)4-2-5-17(15)23/h2-11H,12H2,1H3,(H,24,25,26). The van der Waals surface area contributed by atoms with Crippen molar-refractivity contribution in [1.29, 1.82) is 0 Å². The number of nitrogens with zero attached hydrogens (tertiary/aromatic N) is 3. The number of hydrogen-bond acceptors (Lipinski definition) is 5. The fourth-order valence-corrected chi connectivity index (χ4v) is 3.00. The van der Waals surface area contributed by atoms with Crippen molar-refractivity contribution in [2.24, 2.45) is 0 Å². The summed E-state index contributed by atoms with van der Waals surface area (Å²) in [4.78, 5) is 17.3. The van der Waals surface area contributed by atoms with Gasteiger partial charge < -0.3 is 9.73 Å². The summed E-state index contributed by atoms with van der Waals surface area (Å²) in [6.07, 6.45) is 1.49. The molecule has 0 unspecified atom stereocenters. The van der Waals surface area contributed by atoms with Crippen molar-refractivity contribution in [1.82, 2.24) is 14.8 Å². The Balaban J connectivity index is 1.69. The van der Waals surface area contributed by atoms with Crippen LogP contribution in [0.15, 0.2) is 65.3 Å². The van der Waals surface area contributed by atoms with Crippen molar-refractivity contribution in [3.8, 4) is 11.6 Å². The third-order valence-corrected chi connectivity index (χ3v) is 4.68. The first-order chi connectivity index (χ1) is 14.0. The van der Waals surface area contributed by atoms with Gasteiger partial charge in [-0.05, 0) is 43.3 Å². The van der Waals surface area contributed by atoms with Gasteiger partial charge in [0.15, 0.2) is 5.76 Å². The Bertz CT molecular complexity index is 1130. The molecule has 4 rings (SSSR count). The number of carbonyl (C=O) groups excluding carboxylic acids is 1. The van der Waals surface area contributed by atoms with Crippen LogP contribution in [0.4, 0.5) is 10.3 Å². The van der Waals surface area contributed by atoms with Crippen LogP contribution in [0.2, 0.25) is 5.02 Å². The fraction of sp³-hybridized carbons (Fsp3) is 0.0952. The summed E-state index contributed by atoms with van der Waals surface area (Å²) in [5.74, 6) is -0.0315. The zero-order valence-electron chi connectivity index (χ0n) is 15.4.